The monoisotopic (exact) mass is 598 g/mol. The van der Waals surface area contributed by atoms with Gasteiger partial charge in [0.1, 0.15) is 23.8 Å². The average Bonchev–Trinajstić information content (AvgIpc) is 3.22. The summed E-state index contributed by atoms with van der Waals surface area (Å²) in [5.41, 5.74) is -1.08. The smallest absolute Gasteiger partial charge is 0.356 e. The van der Waals surface area contributed by atoms with Crippen LogP contribution in [0.25, 0.3) is 11.4 Å². The zero-order chi connectivity index (χ0) is 31.8. The summed E-state index contributed by atoms with van der Waals surface area (Å²) < 4.78 is 18.5. The van der Waals surface area contributed by atoms with Gasteiger partial charge in [0, 0.05) is 17.6 Å². The van der Waals surface area contributed by atoms with Gasteiger partial charge in [-0.05, 0) is 75.6 Å². The first kappa shape index (κ1) is 33.8. The summed E-state index contributed by atoms with van der Waals surface area (Å²) >= 11 is 0. The van der Waals surface area contributed by atoms with Crippen LogP contribution in [0.3, 0.4) is 0 Å². The number of rotatable bonds is 15. The number of carbonyl (C=O) groups excluding carboxylic acids is 1. The summed E-state index contributed by atoms with van der Waals surface area (Å²) in [6.45, 7) is 16.1. The normalized spacial score (nSPS) is 12.8. The van der Waals surface area contributed by atoms with Gasteiger partial charge < -0.3 is 24.6 Å². The molecule has 236 valence electrons. The van der Waals surface area contributed by atoms with Crippen LogP contribution in [0.5, 0.6) is 11.5 Å². The van der Waals surface area contributed by atoms with Crippen LogP contribution in [0.15, 0.2) is 52.1 Å². The van der Waals surface area contributed by atoms with Gasteiger partial charge >= 0.3 is 11.4 Å². The molecule has 3 rings (SSSR count). The largest absolute Gasteiger partial charge is 0.506 e. The highest BCUT2D eigenvalue weighted by Gasteiger charge is 2.32. The van der Waals surface area contributed by atoms with Crippen LogP contribution in [0.4, 0.5) is 0 Å². The molecule has 43 heavy (non-hydrogen) atoms. The molecule has 1 atom stereocenters. The maximum Gasteiger partial charge on any atom is 0.356 e. The van der Waals surface area contributed by atoms with Gasteiger partial charge in [-0.3, -0.25) is 4.79 Å². The topological polar surface area (TPSA) is 137 Å². The second kappa shape index (κ2) is 14.7. The molecule has 0 radical (unpaired) electrons. The van der Waals surface area contributed by atoms with E-state index in [1.807, 2.05) is 48.5 Å². The lowest BCUT2D eigenvalue weighted by molar-refractivity contribution is -0.128. The Bertz CT molecular complexity index is 1460. The Labute approximate surface area is 252 Å². The highest BCUT2D eigenvalue weighted by Crippen LogP contribution is 2.25. The number of hydrogen-bond donors (Lipinski definition) is 3. The molecule has 3 aromatic rings. The van der Waals surface area contributed by atoms with E-state index in [9.17, 15) is 19.5 Å². The summed E-state index contributed by atoms with van der Waals surface area (Å²) in [6, 6.07) is 10.8. The van der Waals surface area contributed by atoms with Crippen molar-refractivity contribution in [1.29, 1.82) is 0 Å². The number of phenols is 1. The van der Waals surface area contributed by atoms with Crippen molar-refractivity contribution < 1.29 is 24.1 Å². The highest BCUT2D eigenvalue weighted by atomic mass is 16.5. The predicted molar refractivity (Wildman–Crippen MR) is 166 cm³/mol. The Balaban J connectivity index is 1.77. The molecular formula is C32H46N4O7. The molecule has 0 aliphatic rings. The van der Waals surface area contributed by atoms with Crippen LogP contribution in [0.2, 0.25) is 0 Å². The van der Waals surface area contributed by atoms with Crippen molar-refractivity contribution in [3.05, 3.63) is 69.0 Å². The SMILES string of the molecule is CCCOCCOCCOc1ccc(-n2c(=O)[nH]n(-c3cc(C[C@H](NC(C)(C)C)C(=O)C(C)(C)C)ccc3O)c2=O)cc1. The lowest BCUT2D eigenvalue weighted by atomic mass is 9.83. The number of benzene rings is 2. The molecule has 11 heteroatoms. The number of aromatic amines is 1. The van der Waals surface area contributed by atoms with Crippen molar-refractivity contribution in [1.82, 2.24) is 19.7 Å². The van der Waals surface area contributed by atoms with Crippen molar-refractivity contribution in [3.8, 4) is 22.9 Å². The number of hydrogen-bond acceptors (Lipinski definition) is 8. The van der Waals surface area contributed by atoms with Gasteiger partial charge in [0.2, 0.25) is 0 Å². The number of aromatic hydroxyl groups is 1. The van der Waals surface area contributed by atoms with Crippen LogP contribution in [0, 0.1) is 5.41 Å². The summed E-state index contributed by atoms with van der Waals surface area (Å²) in [6.07, 6.45) is 1.30. The molecule has 1 heterocycles. The molecule has 0 saturated carbocycles. The molecule has 0 aliphatic heterocycles. The zero-order valence-corrected chi connectivity index (χ0v) is 26.4. The fraction of sp³-hybridized carbons (Fsp3) is 0.531. The Morgan fingerprint density at radius 1 is 0.930 bits per heavy atom. The van der Waals surface area contributed by atoms with E-state index in [2.05, 4.69) is 10.4 Å². The number of Topliss-reactive ketones (excluding diaryl/α,β-unsaturated/α-hetero) is 1. The Hall–Kier alpha value is -3.67. The quantitative estimate of drug-likeness (QED) is 0.225. The van der Waals surface area contributed by atoms with Crippen LogP contribution in [-0.4, -0.2) is 69.9 Å². The molecule has 0 unspecified atom stereocenters. The first-order chi connectivity index (χ1) is 20.2. The van der Waals surface area contributed by atoms with Gasteiger partial charge in [-0.15, -0.1) is 0 Å². The van der Waals surface area contributed by atoms with E-state index in [4.69, 9.17) is 14.2 Å². The van der Waals surface area contributed by atoms with Crippen molar-refractivity contribution >= 4 is 5.78 Å². The van der Waals surface area contributed by atoms with Gasteiger partial charge in [-0.2, -0.15) is 4.68 Å². The van der Waals surface area contributed by atoms with Gasteiger partial charge in [0.05, 0.1) is 31.5 Å². The Kier molecular flexibility index (Phi) is 11.5. The second-order valence-corrected chi connectivity index (χ2v) is 12.5. The van der Waals surface area contributed by atoms with Crippen LogP contribution < -0.4 is 21.4 Å². The van der Waals surface area contributed by atoms with Gasteiger partial charge in [0.25, 0.3) is 0 Å². The highest BCUT2D eigenvalue weighted by molar-refractivity contribution is 5.89. The van der Waals surface area contributed by atoms with Crippen LogP contribution >= 0.6 is 0 Å². The number of carbonyl (C=O) groups is 1. The molecule has 0 fully saturated rings. The van der Waals surface area contributed by atoms with E-state index in [1.165, 1.54) is 6.07 Å². The maximum absolute atomic E-state index is 13.4. The molecule has 1 aromatic heterocycles. The van der Waals surface area contributed by atoms with Crippen molar-refractivity contribution in [2.45, 2.75) is 72.9 Å². The number of ether oxygens (including phenoxy) is 3. The summed E-state index contributed by atoms with van der Waals surface area (Å²) in [5, 5.41) is 16.6. The van der Waals surface area contributed by atoms with Crippen LogP contribution in [-0.2, 0) is 20.7 Å². The van der Waals surface area contributed by atoms with Crippen molar-refractivity contribution in [3.63, 3.8) is 0 Å². The average molecular weight is 599 g/mol. The van der Waals surface area contributed by atoms with E-state index < -0.39 is 22.8 Å². The summed E-state index contributed by atoms with van der Waals surface area (Å²) in [7, 11) is 0. The molecule has 0 amide bonds. The fourth-order valence-corrected chi connectivity index (χ4v) is 4.51. The summed E-state index contributed by atoms with van der Waals surface area (Å²) in [5.74, 6) is 0.419. The minimum atomic E-state index is -0.681. The molecule has 0 saturated heterocycles. The summed E-state index contributed by atoms with van der Waals surface area (Å²) in [4.78, 5) is 39.5. The molecular weight excluding hydrogens is 552 g/mol. The zero-order valence-electron chi connectivity index (χ0n) is 26.4. The van der Waals surface area contributed by atoms with Gasteiger partial charge in [-0.25, -0.2) is 19.3 Å². The molecule has 2 aromatic carbocycles. The van der Waals surface area contributed by atoms with Gasteiger partial charge in [0.15, 0.2) is 5.78 Å². The minimum Gasteiger partial charge on any atom is -0.506 e. The molecule has 3 N–H and O–H groups in total. The molecule has 11 nitrogen and oxygen atoms in total. The number of aromatic nitrogens is 3. The molecule has 0 aliphatic carbocycles. The molecule has 0 spiro atoms. The standard InChI is InChI=1S/C32H46N4O7/c1-8-15-41-16-17-42-18-19-43-24-12-10-23(11-13-24)35-29(39)34-36(30(35)40)26-21-22(9-14-27(26)37)20-25(33-32(5,6)7)28(38)31(2,3)4/h9-14,21,25,33,37H,8,15-20H2,1-7H3,(H,34,39)/t25-/m0/s1. The number of nitrogens with zero attached hydrogens (tertiary/aromatic N) is 2. The minimum absolute atomic E-state index is 0.0470. The van der Waals surface area contributed by atoms with Gasteiger partial charge in [-0.1, -0.05) is 33.8 Å². The third-order valence-electron chi connectivity index (χ3n) is 6.49. The van der Waals surface area contributed by atoms with Crippen molar-refractivity contribution in [2.24, 2.45) is 5.41 Å². The third-order valence-corrected chi connectivity index (χ3v) is 6.49. The predicted octanol–water partition coefficient (Wildman–Crippen LogP) is 3.76. The first-order valence-electron chi connectivity index (χ1n) is 14.7. The molecule has 0 bridgehead atoms. The number of ketones is 1. The first-order valence-corrected chi connectivity index (χ1v) is 14.7. The fourth-order valence-electron chi connectivity index (χ4n) is 4.51. The Morgan fingerprint density at radius 3 is 2.16 bits per heavy atom. The maximum atomic E-state index is 13.4. The third kappa shape index (κ3) is 9.67. The Morgan fingerprint density at radius 2 is 1.56 bits per heavy atom. The van der Waals surface area contributed by atoms with E-state index in [0.717, 1.165) is 15.7 Å². The number of nitrogens with one attached hydrogen (secondary N) is 2. The number of H-pyrrole nitrogens is 1. The van der Waals surface area contributed by atoms with Crippen LogP contribution in [0.1, 0.15) is 60.5 Å². The lowest BCUT2D eigenvalue weighted by Gasteiger charge is -2.32. The van der Waals surface area contributed by atoms with E-state index in [1.54, 1.807) is 36.4 Å². The number of phenolic OH excluding ortho intramolecular Hbond substituents is 1. The van der Waals surface area contributed by atoms with E-state index >= 15 is 0 Å². The van der Waals surface area contributed by atoms with E-state index in [0.29, 0.717) is 56.5 Å². The lowest BCUT2D eigenvalue weighted by Crippen LogP contribution is -2.51. The van der Waals surface area contributed by atoms with Crippen molar-refractivity contribution in [2.75, 3.05) is 33.0 Å². The second-order valence-electron chi connectivity index (χ2n) is 12.5. The van der Waals surface area contributed by atoms with E-state index in [-0.39, 0.29) is 22.8 Å².